The summed E-state index contributed by atoms with van der Waals surface area (Å²) in [5.41, 5.74) is 2.70. The predicted molar refractivity (Wildman–Crippen MR) is 88.4 cm³/mol. The number of halogens is 2. The zero-order valence-electron chi connectivity index (χ0n) is 12.0. The maximum atomic E-state index is 6.17. The van der Waals surface area contributed by atoms with Gasteiger partial charge in [0, 0.05) is 16.4 Å². The maximum absolute atomic E-state index is 6.17. The van der Waals surface area contributed by atoms with Gasteiger partial charge in [0.2, 0.25) is 0 Å². The molecule has 0 bridgehead atoms. The molecule has 0 aliphatic rings. The van der Waals surface area contributed by atoms with Crippen LogP contribution < -0.4 is 5.32 Å². The van der Waals surface area contributed by atoms with E-state index in [9.17, 15) is 0 Å². The Morgan fingerprint density at radius 1 is 1.09 bits per heavy atom. The summed E-state index contributed by atoms with van der Waals surface area (Å²) in [6, 6.07) is 9.25. The summed E-state index contributed by atoms with van der Waals surface area (Å²) in [5.74, 6) is 0.980. The summed E-state index contributed by atoms with van der Waals surface area (Å²) in [5, 5.41) is 8.63. The van der Waals surface area contributed by atoms with Crippen LogP contribution in [0.15, 0.2) is 36.5 Å². The van der Waals surface area contributed by atoms with E-state index in [0.29, 0.717) is 21.8 Å². The molecule has 3 rings (SSSR count). The number of anilines is 2. The van der Waals surface area contributed by atoms with Crippen molar-refractivity contribution in [3.05, 3.63) is 58.0 Å². The van der Waals surface area contributed by atoms with Crippen molar-refractivity contribution in [3.8, 4) is 5.95 Å². The van der Waals surface area contributed by atoms with Crippen molar-refractivity contribution in [1.29, 1.82) is 0 Å². The normalized spacial score (nSPS) is 10.7. The third-order valence-corrected chi connectivity index (χ3v) is 3.57. The molecule has 3 aromatic rings. The molecule has 0 amide bonds. The highest BCUT2D eigenvalue weighted by Gasteiger charge is 2.10. The van der Waals surface area contributed by atoms with E-state index < -0.39 is 0 Å². The van der Waals surface area contributed by atoms with E-state index in [-0.39, 0.29) is 0 Å². The highest BCUT2D eigenvalue weighted by atomic mass is 35.5. The molecule has 112 valence electrons. The smallest absolute Gasteiger partial charge is 0.252 e. The third-order valence-electron chi connectivity index (χ3n) is 3.04. The molecule has 0 radical (unpaired) electrons. The topological polar surface area (TPSA) is 55.6 Å². The van der Waals surface area contributed by atoms with Crippen LogP contribution in [0.1, 0.15) is 11.4 Å². The lowest BCUT2D eigenvalue weighted by Gasteiger charge is -2.09. The van der Waals surface area contributed by atoms with Gasteiger partial charge in [0.15, 0.2) is 5.82 Å². The molecule has 1 N–H and O–H groups in total. The first-order valence-electron chi connectivity index (χ1n) is 6.62. The first-order valence-corrected chi connectivity index (χ1v) is 7.37. The Morgan fingerprint density at radius 2 is 1.82 bits per heavy atom. The second-order valence-corrected chi connectivity index (χ2v) is 5.68. The molecule has 0 unspecified atom stereocenters. The molecule has 0 fully saturated rings. The van der Waals surface area contributed by atoms with E-state index in [1.54, 1.807) is 23.0 Å². The van der Waals surface area contributed by atoms with Crippen molar-refractivity contribution in [2.75, 3.05) is 5.32 Å². The Kier molecular flexibility index (Phi) is 4.00. The second-order valence-electron chi connectivity index (χ2n) is 4.84. The summed E-state index contributed by atoms with van der Waals surface area (Å²) < 4.78 is 1.68. The predicted octanol–water partition coefficient (Wildman–Crippen LogP) is 4.33. The van der Waals surface area contributed by atoms with Crippen LogP contribution >= 0.6 is 23.2 Å². The molecule has 0 spiro atoms. The van der Waals surface area contributed by atoms with Crippen LogP contribution in [0.3, 0.4) is 0 Å². The van der Waals surface area contributed by atoms with Crippen LogP contribution in [0.4, 0.5) is 11.5 Å². The average molecular weight is 334 g/mol. The van der Waals surface area contributed by atoms with Crippen LogP contribution in [-0.4, -0.2) is 19.7 Å². The number of aromatic nitrogens is 4. The van der Waals surface area contributed by atoms with Gasteiger partial charge in [0.1, 0.15) is 5.02 Å². The maximum Gasteiger partial charge on any atom is 0.252 e. The molecule has 5 nitrogen and oxygen atoms in total. The minimum Gasteiger partial charge on any atom is -0.339 e. The SMILES string of the molecule is Cc1cc(C)n(-c2ncc(Cl)c(Nc3ccc(Cl)cc3)n2)n1. The van der Waals surface area contributed by atoms with Gasteiger partial charge in [-0.25, -0.2) is 9.67 Å². The fourth-order valence-electron chi connectivity index (χ4n) is 2.05. The largest absolute Gasteiger partial charge is 0.339 e. The Morgan fingerprint density at radius 3 is 2.45 bits per heavy atom. The molecule has 22 heavy (non-hydrogen) atoms. The molecule has 0 atom stereocenters. The third kappa shape index (κ3) is 3.05. The van der Waals surface area contributed by atoms with E-state index in [1.165, 1.54) is 0 Å². The van der Waals surface area contributed by atoms with Crippen molar-refractivity contribution in [2.24, 2.45) is 0 Å². The lowest BCUT2D eigenvalue weighted by molar-refractivity contribution is 0.775. The lowest BCUT2D eigenvalue weighted by atomic mass is 10.3. The van der Waals surface area contributed by atoms with Gasteiger partial charge in [0.05, 0.1) is 11.9 Å². The number of nitrogens with zero attached hydrogens (tertiary/aromatic N) is 4. The van der Waals surface area contributed by atoms with E-state index in [0.717, 1.165) is 17.1 Å². The van der Waals surface area contributed by atoms with Crippen LogP contribution in [0.25, 0.3) is 5.95 Å². The van der Waals surface area contributed by atoms with Crippen LogP contribution in [-0.2, 0) is 0 Å². The fraction of sp³-hybridized carbons (Fsp3) is 0.133. The van der Waals surface area contributed by atoms with Crippen molar-refractivity contribution >= 4 is 34.7 Å². The Bertz CT molecular complexity index is 811. The van der Waals surface area contributed by atoms with Crippen molar-refractivity contribution in [2.45, 2.75) is 13.8 Å². The number of aryl methyl sites for hydroxylation is 2. The van der Waals surface area contributed by atoms with Gasteiger partial charge in [-0.3, -0.25) is 0 Å². The number of rotatable bonds is 3. The van der Waals surface area contributed by atoms with Crippen LogP contribution in [0, 0.1) is 13.8 Å². The van der Waals surface area contributed by atoms with E-state index in [4.69, 9.17) is 23.2 Å². The average Bonchev–Trinajstić information content (AvgIpc) is 2.82. The summed E-state index contributed by atoms with van der Waals surface area (Å²) in [6.45, 7) is 3.87. The first-order chi connectivity index (χ1) is 10.5. The Labute approximate surface area is 137 Å². The number of hydrogen-bond donors (Lipinski definition) is 1. The van der Waals surface area contributed by atoms with Gasteiger partial charge in [-0.05, 0) is 44.2 Å². The van der Waals surface area contributed by atoms with E-state index in [2.05, 4.69) is 20.4 Å². The molecule has 7 heteroatoms. The summed E-state index contributed by atoms with van der Waals surface area (Å²) in [7, 11) is 0. The standard InChI is InChI=1S/C15H13Cl2N5/c1-9-7-10(2)22(21-9)15-18-8-13(17)14(20-15)19-12-5-3-11(16)4-6-12/h3-8H,1-2H3,(H,18,19,20). The highest BCUT2D eigenvalue weighted by Crippen LogP contribution is 2.24. The van der Waals surface area contributed by atoms with Gasteiger partial charge in [-0.1, -0.05) is 23.2 Å². The van der Waals surface area contributed by atoms with Crippen LogP contribution in [0.2, 0.25) is 10.0 Å². The first kappa shape index (κ1) is 14.8. The van der Waals surface area contributed by atoms with Crippen molar-refractivity contribution in [1.82, 2.24) is 19.7 Å². The summed E-state index contributed by atoms with van der Waals surface area (Å²) >= 11 is 12.0. The quantitative estimate of drug-likeness (QED) is 0.775. The molecule has 0 saturated heterocycles. The number of hydrogen-bond acceptors (Lipinski definition) is 4. The summed E-state index contributed by atoms with van der Waals surface area (Å²) in [6.07, 6.45) is 1.55. The molecule has 1 aromatic carbocycles. The number of nitrogens with one attached hydrogen (secondary N) is 1. The minimum atomic E-state index is 0.431. The molecular weight excluding hydrogens is 321 g/mol. The fourth-order valence-corrected chi connectivity index (χ4v) is 2.31. The zero-order chi connectivity index (χ0) is 15.7. The van der Waals surface area contributed by atoms with Crippen molar-refractivity contribution < 1.29 is 0 Å². The Balaban J connectivity index is 1.96. The van der Waals surface area contributed by atoms with Gasteiger partial charge in [-0.2, -0.15) is 10.1 Å². The van der Waals surface area contributed by atoms with E-state index in [1.807, 2.05) is 32.0 Å². The lowest BCUT2D eigenvalue weighted by Crippen LogP contribution is -2.07. The van der Waals surface area contributed by atoms with E-state index >= 15 is 0 Å². The van der Waals surface area contributed by atoms with Gasteiger partial charge < -0.3 is 5.32 Å². The molecule has 0 saturated carbocycles. The molecule has 2 heterocycles. The minimum absolute atomic E-state index is 0.431. The summed E-state index contributed by atoms with van der Waals surface area (Å²) in [4.78, 5) is 8.68. The Hall–Kier alpha value is -2.11. The second kappa shape index (κ2) is 5.94. The number of benzene rings is 1. The highest BCUT2D eigenvalue weighted by molar-refractivity contribution is 6.33. The zero-order valence-corrected chi connectivity index (χ0v) is 13.5. The molecule has 0 aliphatic heterocycles. The van der Waals surface area contributed by atoms with Gasteiger partial charge in [-0.15, -0.1) is 0 Å². The molecule has 0 aliphatic carbocycles. The van der Waals surface area contributed by atoms with Crippen LogP contribution in [0.5, 0.6) is 0 Å². The van der Waals surface area contributed by atoms with Gasteiger partial charge >= 0.3 is 0 Å². The molecular formula is C15H13Cl2N5. The van der Waals surface area contributed by atoms with Gasteiger partial charge in [0.25, 0.3) is 5.95 Å². The monoisotopic (exact) mass is 333 g/mol. The molecule has 2 aromatic heterocycles. The van der Waals surface area contributed by atoms with Crippen molar-refractivity contribution in [3.63, 3.8) is 0 Å².